The number of benzene rings is 1. The van der Waals surface area contributed by atoms with Crippen LogP contribution in [0.1, 0.15) is 28.8 Å². The van der Waals surface area contributed by atoms with Gasteiger partial charge in [0.05, 0.1) is 6.54 Å². The van der Waals surface area contributed by atoms with E-state index >= 15 is 0 Å². The van der Waals surface area contributed by atoms with E-state index in [4.69, 9.17) is 10.2 Å². The molecule has 0 saturated heterocycles. The van der Waals surface area contributed by atoms with E-state index in [-0.39, 0.29) is 11.7 Å². The van der Waals surface area contributed by atoms with E-state index in [2.05, 4.69) is 5.32 Å². The molecule has 2 rings (SSSR count). The molecule has 1 amide bonds. The zero-order valence-corrected chi connectivity index (χ0v) is 10.3. The Morgan fingerprint density at radius 2 is 2.06 bits per heavy atom. The van der Waals surface area contributed by atoms with E-state index in [1.807, 2.05) is 31.2 Å². The smallest absolute Gasteiger partial charge is 0.291 e. The Hall–Kier alpha value is -2.07. The minimum atomic E-state index is -0.254. The Labute approximate surface area is 106 Å². The van der Waals surface area contributed by atoms with E-state index in [0.717, 1.165) is 17.7 Å². The molecule has 0 bridgehead atoms. The van der Waals surface area contributed by atoms with Crippen LogP contribution in [0.5, 0.6) is 0 Å². The van der Waals surface area contributed by atoms with Crippen LogP contribution in [0.25, 0.3) is 0 Å². The average molecular weight is 244 g/mol. The summed E-state index contributed by atoms with van der Waals surface area (Å²) in [6.45, 7) is 2.34. The molecular weight excluding hydrogens is 228 g/mol. The third-order valence-corrected chi connectivity index (χ3v) is 2.73. The second kappa shape index (κ2) is 5.51. The summed E-state index contributed by atoms with van der Waals surface area (Å²) in [6.07, 6.45) is 0.864. The van der Waals surface area contributed by atoms with Gasteiger partial charge in [0.15, 0.2) is 5.76 Å². The predicted octanol–water partition coefficient (Wildman–Crippen LogP) is 2.55. The lowest BCUT2D eigenvalue weighted by atomic mass is 10.1. The lowest BCUT2D eigenvalue weighted by Crippen LogP contribution is -2.12. The van der Waals surface area contributed by atoms with Crippen LogP contribution < -0.4 is 11.1 Å². The van der Waals surface area contributed by atoms with Crippen molar-refractivity contribution >= 4 is 11.6 Å². The van der Waals surface area contributed by atoms with Crippen molar-refractivity contribution in [3.8, 4) is 0 Å². The van der Waals surface area contributed by atoms with Crippen molar-refractivity contribution in [2.75, 3.05) is 5.32 Å². The molecule has 0 radical (unpaired) electrons. The summed E-state index contributed by atoms with van der Waals surface area (Å²) in [5, 5.41) is 2.84. The number of aryl methyl sites for hydroxylation is 1. The first-order chi connectivity index (χ1) is 8.74. The van der Waals surface area contributed by atoms with Gasteiger partial charge in [0, 0.05) is 5.69 Å². The molecule has 4 heteroatoms. The molecule has 4 nitrogen and oxygen atoms in total. The second-order valence-corrected chi connectivity index (χ2v) is 3.93. The van der Waals surface area contributed by atoms with Crippen molar-refractivity contribution in [2.24, 2.45) is 5.73 Å². The first-order valence-electron chi connectivity index (χ1n) is 5.92. The molecule has 18 heavy (non-hydrogen) atoms. The van der Waals surface area contributed by atoms with Crippen LogP contribution >= 0.6 is 0 Å². The summed E-state index contributed by atoms with van der Waals surface area (Å²) in [7, 11) is 0. The van der Waals surface area contributed by atoms with E-state index in [1.165, 1.54) is 0 Å². The average Bonchev–Trinajstić information content (AvgIpc) is 2.88. The fraction of sp³-hybridized carbons (Fsp3) is 0.214. The predicted molar refractivity (Wildman–Crippen MR) is 70.4 cm³/mol. The van der Waals surface area contributed by atoms with Crippen LogP contribution in [0, 0.1) is 0 Å². The van der Waals surface area contributed by atoms with Crippen LogP contribution in [-0.2, 0) is 13.0 Å². The summed E-state index contributed by atoms with van der Waals surface area (Å²) in [6, 6.07) is 11.1. The molecule has 2 aromatic rings. The van der Waals surface area contributed by atoms with Gasteiger partial charge in [-0.05, 0) is 30.2 Å². The zero-order valence-electron chi connectivity index (χ0n) is 10.3. The number of carbonyl (C=O) groups excluding carboxylic acids is 1. The molecule has 0 aliphatic carbocycles. The van der Waals surface area contributed by atoms with Crippen LogP contribution in [0.15, 0.2) is 40.8 Å². The molecule has 0 unspecified atom stereocenters. The standard InChI is InChI=1S/C14H16N2O2/c1-2-10-5-3-4-6-12(10)16-14(17)13-8-7-11(9-15)18-13/h3-8H,2,9,15H2,1H3,(H,16,17). The van der Waals surface area contributed by atoms with Crippen molar-refractivity contribution in [1.82, 2.24) is 0 Å². The molecular formula is C14H16N2O2. The fourth-order valence-corrected chi connectivity index (χ4v) is 1.74. The number of nitrogens with one attached hydrogen (secondary N) is 1. The van der Waals surface area contributed by atoms with Gasteiger partial charge in [0.25, 0.3) is 5.91 Å². The number of anilines is 1. The highest BCUT2D eigenvalue weighted by Gasteiger charge is 2.12. The largest absolute Gasteiger partial charge is 0.455 e. The van der Waals surface area contributed by atoms with Gasteiger partial charge in [-0.15, -0.1) is 0 Å². The molecule has 3 N–H and O–H groups in total. The molecule has 1 aromatic carbocycles. The van der Waals surface area contributed by atoms with Gasteiger partial charge in [0.2, 0.25) is 0 Å². The third kappa shape index (κ3) is 2.60. The summed E-state index contributed by atoms with van der Waals surface area (Å²) < 4.78 is 5.30. The first-order valence-corrected chi connectivity index (χ1v) is 5.92. The Morgan fingerprint density at radius 1 is 1.28 bits per heavy atom. The highest BCUT2D eigenvalue weighted by atomic mass is 16.4. The molecule has 0 aliphatic rings. The molecule has 1 heterocycles. The topological polar surface area (TPSA) is 68.3 Å². The molecule has 0 aliphatic heterocycles. The van der Waals surface area contributed by atoms with Gasteiger partial charge < -0.3 is 15.5 Å². The maximum Gasteiger partial charge on any atom is 0.291 e. The van der Waals surface area contributed by atoms with E-state index < -0.39 is 0 Å². The molecule has 0 atom stereocenters. The molecule has 94 valence electrons. The van der Waals surface area contributed by atoms with Gasteiger partial charge in [-0.3, -0.25) is 4.79 Å². The van der Waals surface area contributed by atoms with Crippen molar-refractivity contribution in [3.05, 3.63) is 53.5 Å². The molecule has 0 fully saturated rings. The summed E-state index contributed by atoms with van der Waals surface area (Å²) in [5.41, 5.74) is 7.35. The Kier molecular flexibility index (Phi) is 3.79. The second-order valence-electron chi connectivity index (χ2n) is 3.93. The summed E-state index contributed by atoms with van der Waals surface area (Å²) in [5.74, 6) is 0.626. The minimum absolute atomic E-state index is 0.254. The van der Waals surface area contributed by atoms with E-state index in [1.54, 1.807) is 12.1 Å². The van der Waals surface area contributed by atoms with Crippen molar-refractivity contribution in [3.63, 3.8) is 0 Å². The highest BCUT2D eigenvalue weighted by Crippen LogP contribution is 2.17. The van der Waals surface area contributed by atoms with Gasteiger partial charge >= 0.3 is 0 Å². The van der Waals surface area contributed by atoms with Gasteiger partial charge in [0.1, 0.15) is 5.76 Å². The maximum atomic E-state index is 12.0. The van der Waals surface area contributed by atoms with Crippen LogP contribution in [0.4, 0.5) is 5.69 Å². The maximum absolute atomic E-state index is 12.0. The number of carbonyl (C=O) groups is 1. The summed E-state index contributed by atoms with van der Waals surface area (Å²) in [4.78, 5) is 12.0. The van der Waals surface area contributed by atoms with Gasteiger partial charge in [-0.1, -0.05) is 25.1 Å². The number of hydrogen-bond donors (Lipinski definition) is 2. The number of furan rings is 1. The van der Waals surface area contributed by atoms with Gasteiger partial charge in [-0.2, -0.15) is 0 Å². The van der Waals surface area contributed by atoms with Crippen LogP contribution in [0.2, 0.25) is 0 Å². The zero-order chi connectivity index (χ0) is 13.0. The van der Waals surface area contributed by atoms with E-state index in [9.17, 15) is 4.79 Å². The lowest BCUT2D eigenvalue weighted by Gasteiger charge is -2.08. The molecule has 0 saturated carbocycles. The quantitative estimate of drug-likeness (QED) is 0.868. The number of rotatable bonds is 4. The normalized spacial score (nSPS) is 10.3. The molecule has 1 aromatic heterocycles. The first kappa shape index (κ1) is 12.4. The SMILES string of the molecule is CCc1ccccc1NC(=O)c1ccc(CN)o1. The number of amides is 1. The lowest BCUT2D eigenvalue weighted by molar-refractivity contribution is 0.0995. The third-order valence-electron chi connectivity index (χ3n) is 2.73. The Balaban J connectivity index is 2.16. The Morgan fingerprint density at radius 3 is 2.72 bits per heavy atom. The number of hydrogen-bond acceptors (Lipinski definition) is 3. The van der Waals surface area contributed by atoms with Crippen molar-refractivity contribution < 1.29 is 9.21 Å². The number of para-hydroxylation sites is 1. The summed E-state index contributed by atoms with van der Waals surface area (Å²) >= 11 is 0. The molecule has 0 spiro atoms. The van der Waals surface area contributed by atoms with Crippen molar-refractivity contribution in [1.29, 1.82) is 0 Å². The van der Waals surface area contributed by atoms with Crippen molar-refractivity contribution in [2.45, 2.75) is 19.9 Å². The monoisotopic (exact) mass is 244 g/mol. The number of nitrogens with two attached hydrogens (primary N) is 1. The Bertz CT molecular complexity index is 546. The van der Waals surface area contributed by atoms with Crippen LogP contribution in [0.3, 0.4) is 0 Å². The highest BCUT2D eigenvalue weighted by molar-refractivity contribution is 6.02. The van der Waals surface area contributed by atoms with E-state index in [0.29, 0.717) is 12.3 Å². The van der Waals surface area contributed by atoms with Gasteiger partial charge in [-0.25, -0.2) is 0 Å². The minimum Gasteiger partial charge on any atom is -0.455 e. The fourth-order valence-electron chi connectivity index (χ4n) is 1.74. The van der Waals surface area contributed by atoms with Crippen LogP contribution in [-0.4, -0.2) is 5.91 Å².